The number of nitrogens with zero attached hydrogens (tertiary/aromatic N) is 1. The molecule has 0 aliphatic heterocycles. The molecule has 0 spiro atoms. The molecule has 0 saturated carbocycles. The Morgan fingerprint density at radius 1 is 0.706 bits per heavy atom. The molecule has 0 amide bonds. The number of alkyl halides is 3. The van der Waals surface area contributed by atoms with Gasteiger partial charge in [-0.25, -0.2) is 0 Å². The van der Waals surface area contributed by atoms with E-state index in [1.165, 1.54) is 11.3 Å². The standard InChI is InChI=1S/C29H24F3NS/c1-15-10-16(2)14-20(13-15)26-28-22(8-9-33-26)21-6-7-23(25(27(21)34-28)29(30,31)32)24-18(4)11-17(3)12-19(24)5/h6-14H,1-5H3. The van der Waals surface area contributed by atoms with Gasteiger partial charge in [0.2, 0.25) is 0 Å². The maximum atomic E-state index is 14.7. The minimum Gasteiger partial charge on any atom is -0.255 e. The number of pyridine rings is 1. The van der Waals surface area contributed by atoms with Crippen molar-refractivity contribution in [1.82, 2.24) is 4.98 Å². The van der Waals surface area contributed by atoms with Crippen LogP contribution >= 0.6 is 11.3 Å². The van der Waals surface area contributed by atoms with Crippen molar-refractivity contribution in [1.29, 1.82) is 0 Å². The summed E-state index contributed by atoms with van der Waals surface area (Å²) in [6, 6.07) is 15.3. The number of hydrogen-bond donors (Lipinski definition) is 0. The third-order valence-corrected chi connectivity index (χ3v) is 7.53. The Morgan fingerprint density at radius 3 is 1.91 bits per heavy atom. The molecule has 5 heteroatoms. The van der Waals surface area contributed by atoms with Gasteiger partial charge >= 0.3 is 6.18 Å². The average Bonchev–Trinajstić information content (AvgIpc) is 3.09. The molecule has 1 nitrogen and oxygen atoms in total. The number of rotatable bonds is 2. The lowest BCUT2D eigenvalue weighted by molar-refractivity contribution is -0.135. The van der Waals surface area contributed by atoms with Gasteiger partial charge in [0, 0.05) is 27.2 Å². The fourth-order valence-electron chi connectivity index (χ4n) is 5.18. The van der Waals surface area contributed by atoms with Crippen molar-refractivity contribution in [2.24, 2.45) is 0 Å². The molecule has 0 bridgehead atoms. The number of aryl methyl sites for hydroxylation is 5. The van der Waals surface area contributed by atoms with Crippen molar-refractivity contribution in [3.05, 3.63) is 88.1 Å². The van der Waals surface area contributed by atoms with E-state index >= 15 is 0 Å². The van der Waals surface area contributed by atoms with Gasteiger partial charge in [-0.1, -0.05) is 47.0 Å². The molecule has 0 aliphatic rings. The van der Waals surface area contributed by atoms with Crippen LogP contribution in [0.25, 0.3) is 42.6 Å². The lowest BCUT2D eigenvalue weighted by Crippen LogP contribution is -2.08. The number of hydrogen-bond acceptors (Lipinski definition) is 2. The van der Waals surface area contributed by atoms with Gasteiger partial charge in [-0.3, -0.25) is 4.98 Å². The Hall–Kier alpha value is -3.18. The molecule has 0 unspecified atom stereocenters. The quantitative estimate of drug-likeness (QED) is 0.248. The van der Waals surface area contributed by atoms with Crippen molar-refractivity contribution in [2.45, 2.75) is 40.8 Å². The highest BCUT2D eigenvalue weighted by Gasteiger charge is 2.37. The molecule has 172 valence electrons. The van der Waals surface area contributed by atoms with Crippen LogP contribution in [0.2, 0.25) is 0 Å². The van der Waals surface area contributed by atoms with Crippen LogP contribution in [0.3, 0.4) is 0 Å². The number of halogens is 3. The van der Waals surface area contributed by atoms with Crippen LogP contribution < -0.4 is 0 Å². The maximum absolute atomic E-state index is 14.7. The molecule has 0 atom stereocenters. The molecule has 0 fully saturated rings. The van der Waals surface area contributed by atoms with Crippen LogP contribution in [-0.2, 0) is 6.18 Å². The van der Waals surface area contributed by atoms with Crippen molar-refractivity contribution < 1.29 is 13.2 Å². The molecule has 0 saturated heterocycles. The average molecular weight is 476 g/mol. The van der Waals surface area contributed by atoms with E-state index in [4.69, 9.17) is 0 Å². The summed E-state index contributed by atoms with van der Waals surface area (Å²) in [6.07, 6.45) is -2.80. The van der Waals surface area contributed by atoms with Crippen molar-refractivity contribution in [2.75, 3.05) is 0 Å². The summed E-state index contributed by atoms with van der Waals surface area (Å²) in [5, 5.41) is 1.42. The summed E-state index contributed by atoms with van der Waals surface area (Å²) in [7, 11) is 0. The molecule has 2 aromatic heterocycles. The Balaban J connectivity index is 1.88. The van der Waals surface area contributed by atoms with Crippen LogP contribution in [-0.4, -0.2) is 4.98 Å². The molecule has 5 rings (SSSR count). The first kappa shape index (κ1) is 22.6. The van der Waals surface area contributed by atoms with Gasteiger partial charge in [0.05, 0.1) is 16.0 Å². The monoisotopic (exact) mass is 475 g/mol. The van der Waals surface area contributed by atoms with Crippen molar-refractivity contribution in [3.8, 4) is 22.4 Å². The predicted octanol–water partition coefficient (Wildman–Crippen LogP) is 9.34. The van der Waals surface area contributed by atoms with Gasteiger partial charge in [-0.15, -0.1) is 11.3 Å². The van der Waals surface area contributed by atoms with E-state index < -0.39 is 11.7 Å². The van der Waals surface area contributed by atoms with E-state index in [1.807, 2.05) is 71.0 Å². The molecule has 0 aliphatic carbocycles. The van der Waals surface area contributed by atoms with Gasteiger partial charge in [-0.05, 0) is 75.1 Å². The molecule has 0 radical (unpaired) electrons. The SMILES string of the molecule is Cc1cc(C)cc(-c2nccc3c2sc2c(C(F)(F)F)c(-c4c(C)cc(C)cc4C)ccc23)c1. The van der Waals surface area contributed by atoms with Crippen LogP contribution in [0.4, 0.5) is 13.2 Å². The number of aromatic nitrogens is 1. The largest absolute Gasteiger partial charge is 0.418 e. The molecular weight excluding hydrogens is 451 g/mol. The number of fused-ring (bicyclic) bond motifs is 3. The van der Waals surface area contributed by atoms with Gasteiger partial charge < -0.3 is 0 Å². The number of benzene rings is 3. The van der Waals surface area contributed by atoms with E-state index in [0.29, 0.717) is 10.9 Å². The van der Waals surface area contributed by atoms with E-state index in [1.54, 1.807) is 12.3 Å². The van der Waals surface area contributed by atoms with Crippen molar-refractivity contribution >= 4 is 31.5 Å². The summed E-state index contributed by atoms with van der Waals surface area (Å²) in [4.78, 5) is 4.59. The van der Waals surface area contributed by atoms with Gasteiger partial charge in [0.15, 0.2) is 0 Å². The summed E-state index contributed by atoms with van der Waals surface area (Å²) in [5.41, 5.74) is 6.91. The first-order chi connectivity index (χ1) is 16.0. The molecule has 5 aromatic rings. The second-order valence-electron chi connectivity index (χ2n) is 9.15. The summed E-state index contributed by atoms with van der Waals surface area (Å²) in [6.45, 7) is 9.76. The van der Waals surface area contributed by atoms with Crippen LogP contribution in [0.15, 0.2) is 54.7 Å². The Labute approximate surface area is 200 Å². The minimum atomic E-state index is -4.49. The second kappa shape index (κ2) is 7.95. The lowest BCUT2D eigenvalue weighted by Gasteiger charge is -2.18. The van der Waals surface area contributed by atoms with Gasteiger partial charge in [0.25, 0.3) is 0 Å². The summed E-state index contributed by atoms with van der Waals surface area (Å²) >= 11 is 1.19. The van der Waals surface area contributed by atoms with Crippen LogP contribution in [0, 0.1) is 34.6 Å². The molecule has 3 aromatic carbocycles. The fraction of sp³-hybridized carbons (Fsp3) is 0.207. The van der Waals surface area contributed by atoms with Crippen LogP contribution in [0.5, 0.6) is 0 Å². The third-order valence-electron chi connectivity index (χ3n) is 6.28. The molecule has 0 N–H and O–H groups in total. The minimum absolute atomic E-state index is 0.238. The lowest BCUT2D eigenvalue weighted by atomic mass is 9.90. The normalized spacial score (nSPS) is 12.1. The van der Waals surface area contributed by atoms with E-state index in [9.17, 15) is 13.2 Å². The Bertz CT molecular complexity index is 1550. The zero-order chi connectivity index (χ0) is 24.4. The first-order valence-corrected chi connectivity index (χ1v) is 11.9. The third kappa shape index (κ3) is 3.68. The first-order valence-electron chi connectivity index (χ1n) is 11.1. The smallest absolute Gasteiger partial charge is 0.255 e. The highest BCUT2D eigenvalue weighted by molar-refractivity contribution is 7.26. The Morgan fingerprint density at radius 2 is 1.29 bits per heavy atom. The van der Waals surface area contributed by atoms with Gasteiger partial charge in [-0.2, -0.15) is 13.2 Å². The van der Waals surface area contributed by atoms with Crippen molar-refractivity contribution in [3.63, 3.8) is 0 Å². The highest BCUT2D eigenvalue weighted by Crippen LogP contribution is 2.49. The molecule has 34 heavy (non-hydrogen) atoms. The topological polar surface area (TPSA) is 12.9 Å². The van der Waals surface area contributed by atoms with E-state index in [2.05, 4.69) is 11.1 Å². The molecule has 2 heterocycles. The van der Waals surface area contributed by atoms with Crippen LogP contribution in [0.1, 0.15) is 33.4 Å². The summed E-state index contributed by atoms with van der Waals surface area (Å²) in [5.74, 6) is 0. The zero-order valence-corrected chi connectivity index (χ0v) is 20.5. The van der Waals surface area contributed by atoms with E-state index in [0.717, 1.165) is 49.2 Å². The molecular formula is C29H24F3NS. The van der Waals surface area contributed by atoms with E-state index in [-0.39, 0.29) is 10.3 Å². The predicted molar refractivity (Wildman–Crippen MR) is 137 cm³/mol. The fourth-order valence-corrected chi connectivity index (χ4v) is 6.55. The summed E-state index contributed by atoms with van der Waals surface area (Å²) < 4.78 is 45.0. The second-order valence-corrected chi connectivity index (χ2v) is 10.2. The highest BCUT2D eigenvalue weighted by atomic mass is 32.1. The number of thiophene rings is 1. The van der Waals surface area contributed by atoms with Gasteiger partial charge in [0.1, 0.15) is 0 Å². The Kier molecular flexibility index (Phi) is 5.28. The zero-order valence-electron chi connectivity index (χ0n) is 19.7. The maximum Gasteiger partial charge on any atom is 0.418 e.